The summed E-state index contributed by atoms with van der Waals surface area (Å²) >= 11 is 5.10. The molecule has 1 heterocycles. The largest absolute Gasteiger partial charge is 0.496 e. The predicted molar refractivity (Wildman–Crippen MR) is 101 cm³/mol. The van der Waals surface area contributed by atoms with E-state index in [2.05, 4.69) is 32.0 Å². The zero-order valence-electron chi connectivity index (χ0n) is 13.2. The summed E-state index contributed by atoms with van der Waals surface area (Å²) in [7, 11) is 1.67. The van der Waals surface area contributed by atoms with Gasteiger partial charge in [0.25, 0.3) is 0 Å². The van der Waals surface area contributed by atoms with Crippen LogP contribution < -0.4 is 14.8 Å². The van der Waals surface area contributed by atoms with Gasteiger partial charge in [-0.3, -0.25) is 4.79 Å². The summed E-state index contributed by atoms with van der Waals surface area (Å²) in [6, 6.07) is 12.0. The van der Waals surface area contributed by atoms with Crippen molar-refractivity contribution >= 4 is 45.2 Å². The maximum absolute atomic E-state index is 12.4. The molecule has 124 valence electrons. The summed E-state index contributed by atoms with van der Waals surface area (Å²) in [5, 5.41) is 3.04. The summed E-state index contributed by atoms with van der Waals surface area (Å²) in [6.45, 7) is 0. The molecule has 0 saturated heterocycles. The van der Waals surface area contributed by atoms with E-state index in [0.717, 1.165) is 51.3 Å². The monoisotopic (exact) mass is 404 g/mol. The highest BCUT2D eigenvalue weighted by atomic mass is 79.9. The number of benzene rings is 2. The van der Waals surface area contributed by atoms with Crippen LogP contribution in [0, 0.1) is 0 Å². The van der Waals surface area contributed by atoms with Crippen LogP contribution in [0.2, 0.25) is 0 Å². The first-order valence-electron chi connectivity index (χ1n) is 7.85. The maximum Gasteiger partial charge on any atom is 0.235 e. The fraction of sp³-hybridized carbons (Fsp3) is 0.278. The minimum absolute atomic E-state index is 0.138. The topological polar surface area (TPSA) is 50.4 Å². The second-order valence-corrected chi connectivity index (χ2v) is 7.83. The van der Waals surface area contributed by atoms with Crippen molar-refractivity contribution in [1.29, 1.82) is 0 Å². The number of amides is 1. The summed E-state index contributed by atoms with van der Waals surface area (Å²) in [6.07, 6.45) is 2.97. The fourth-order valence-corrected chi connectivity index (χ4v) is 4.67. The molecule has 4 rings (SSSR count). The van der Waals surface area contributed by atoms with Gasteiger partial charge < -0.3 is 14.8 Å². The molecule has 1 amide bonds. The second kappa shape index (κ2) is 6.01. The lowest BCUT2D eigenvalue weighted by Crippen LogP contribution is -2.40. The van der Waals surface area contributed by atoms with Crippen LogP contribution in [-0.4, -0.2) is 13.0 Å². The number of hydrogen-bond donors (Lipinski definition) is 2. The molecule has 0 atom stereocenters. The van der Waals surface area contributed by atoms with Crippen LogP contribution in [0.5, 0.6) is 5.75 Å². The number of rotatable bonds is 4. The van der Waals surface area contributed by atoms with Gasteiger partial charge in [0, 0.05) is 10.2 Å². The normalized spacial score (nSPS) is 17.2. The molecule has 0 unspecified atom stereocenters. The number of halogens is 1. The van der Waals surface area contributed by atoms with Crippen LogP contribution in [0.25, 0.3) is 0 Å². The number of carbonyl (C=O) groups excluding carboxylic acids is 1. The number of para-hydroxylation sites is 1. The van der Waals surface area contributed by atoms with E-state index in [-0.39, 0.29) is 11.3 Å². The number of nitrogens with one attached hydrogen (secondary N) is 2. The van der Waals surface area contributed by atoms with Crippen molar-refractivity contribution in [2.24, 2.45) is 0 Å². The Bertz CT molecular complexity index is 821. The van der Waals surface area contributed by atoms with Crippen molar-refractivity contribution < 1.29 is 9.53 Å². The lowest BCUT2D eigenvalue weighted by atomic mass is 9.65. The average molecular weight is 405 g/mol. The lowest BCUT2D eigenvalue weighted by Gasteiger charge is -2.36. The van der Waals surface area contributed by atoms with E-state index in [1.54, 1.807) is 7.11 Å². The Morgan fingerprint density at radius 2 is 2.08 bits per heavy atom. The van der Waals surface area contributed by atoms with Crippen LogP contribution >= 0.6 is 27.9 Å². The van der Waals surface area contributed by atoms with E-state index in [0.29, 0.717) is 0 Å². The smallest absolute Gasteiger partial charge is 0.235 e. The second-order valence-electron chi connectivity index (χ2n) is 6.13. The minimum atomic E-state index is -0.315. The van der Waals surface area contributed by atoms with E-state index in [4.69, 9.17) is 4.74 Å². The van der Waals surface area contributed by atoms with Crippen molar-refractivity contribution in [2.45, 2.75) is 29.6 Å². The molecule has 0 bridgehead atoms. The number of hydrogen-bond acceptors (Lipinski definition) is 4. The first-order valence-corrected chi connectivity index (χ1v) is 9.46. The summed E-state index contributed by atoms with van der Waals surface area (Å²) < 4.78 is 9.67. The Morgan fingerprint density at radius 3 is 2.79 bits per heavy atom. The highest BCUT2D eigenvalue weighted by Gasteiger charge is 2.51. The molecule has 2 aromatic rings. The fourth-order valence-electron chi connectivity index (χ4n) is 3.37. The van der Waals surface area contributed by atoms with E-state index in [1.165, 1.54) is 11.9 Å². The molecule has 2 aliphatic rings. The van der Waals surface area contributed by atoms with Crippen molar-refractivity contribution in [2.75, 3.05) is 17.1 Å². The molecule has 1 aliphatic heterocycles. The van der Waals surface area contributed by atoms with Gasteiger partial charge >= 0.3 is 0 Å². The van der Waals surface area contributed by atoms with E-state index < -0.39 is 0 Å². The lowest BCUT2D eigenvalue weighted by molar-refractivity contribution is -0.123. The summed E-state index contributed by atoms with van der Waals surface area (Å²) in [5.74, 6) is 0.974. The third-order valence-corrected chi connectivity index (χ3v) is 6.35. The first kappa shape index (κ1) is 15.8. The van der Waals surface area contributed by atoms with Gasteiger partial charge in [-0.05, 0) is 70.5 Å². The molecular formula is C18H17BrN2O2S. The number of methoxy groups -OCH3 is 1. The van der Waals surface area contributed by atoms with Gasteiger partial charge in [0.1, 0.15) is 5.75 Å². The van der Waals surface area contributed by atoms with Crippen molar-refractivity contribution in [3.05, 3.63) is 46.4 Å². The average Bonchev–Trinajstić information content (AvgIpc) is 2.86. The summed E-state index contributed by atoms with van der Waals surface area (Å²) in [5.41, 5.74) is 2.69. The number of ether oxygens (including phenoxy) is 1. The van der Waals surface area contributed by atoms with Crippen LogP contribution in [0.3, 0.4) is 0 Å². The van der Waals surface area contributed by atoms with E-state index >= 15 is 0 Å². The van der Waals surface area contributed by atoms with Crippen LogP contribution in [0.1, 0.15) is 24.8 Å². The molecule has 1 aliphatic carbocycles. The Labute approximate surface area is 153 Å². The van der Waals surface area contributed by atoms with Crippen molar-refractivity contribution in [1.82, 2.24) is 0 Å². The quantitative estimate of drug-likeness (QED) is 0.707. The molecule has 0 aromatic heterocycles. The van der Waals surface area contributed by atoms with Gasteiger partial charge in [-0.1, -0.05) is 18.6 Å². The standard InChI is InChI=1S/C18H17BrN2O2S/c1-23-14-5-2-3-6-15(14)24-21-11-9-12-16(13(19)10-11)20-17(22)18(12)7-4-8-18/h2-3,5-6,9-10,21H,4,7-8H2,1H3,(H,20,22). The molecular weight excluding hydrogens is 388 g/mol. The maximum atomic E-state index is 12.4. The molecule has 4 nitrogen and oxygen atoms in total. The third-order valence-electron chi connectivity index (χ3n) is 4.83. The number of fused-ring (bicyclic) bond motifs is 2. The Hall–Kier alpha value is -1.66. The van der Waals surface area contributed by atoms with Crippen LogP contribution in [-0.2, 0) is 10.2 Å². The highest BCUT2D eigenvalue weighted by Crippen LogP contribution is 2.53. The van der Waals surface area contributed by atoms with Crippen LogP contribution in [0.4, 0.5) is 11.4 Å². The third kappa shape index (κ3) is 2.40. The molecule has 0 radical (unpaired) electrons. The van der Waals surface area contributed by atoms with E-state index in [1.807, 2.05) is 30.3 Å². The molecule has 1 saturated carbocycles. The molecule has 1 fully saturated rings. The van der Waals surface area contributed by atoms with Gasteiger partial charge in [0.05, 0.1) is 23.1 Å². The molecule has 2 N–H and O–H groups in total. The van der Waals surface area contributed by atoms with E-state index in [9.17, 15) is 4.79 Å². The van der Waals surface area contributed by atoms with Gasteiger partial charge in [-0.2, -0.15) is 0 Å². The Morgan fingerprint density at radius 1 is 1.29 bits per heavy atom. The Balaban J connectivity index is 1.62. The SMILES string of the molecule is COc1ccccc1SNc1cc(Br)c2c(c1)C1(CCC1)C(=O)N2. The van der Waals surface area contributed by atoms with Gasteiger partial charge in [-0.25, -0.2) is 0 Å². The molecule has 1 spiro atoms. The zero-order chi connectivity index (χ0) is 16.7. The summed E-state index contributed by atoms with van der Waals surface area (Å²) in [4.78, 5) is 13.4. The van der Waals surface area contributed by atoms with Crippen LogP contribution in [0.15, 0.2) is 45.8 Å². The Kier molecular flexibility index (Phi) is 3.96. The number of anilines is 2. The zero-order valence-corrected chi connectivity index (χ0v) is 15.6. The molecule has 2 aromatic carbocycles. The van der Waals surface area contributed by atoms with Gasteiger partial charge in [0.2, 0.25) is 5.91 Å². The predicted octanol–water partition coefficient (Wildman–Crippen LogP) is 4.95. The first-order chi connectivity index (χ1) is 11.6. The number of carbonyl (C=O) groups is 1. The van der Waals surface area contributed by atoms with Crippen molar-refractivity contribution in [3.63, 3.8) is 0 Å². The molecule has 24 heavy (non-hydrogen) atoms. The highest BCUT2D eigenvalue weighted by molar-refractivity contribution is 9.10. The van der Waals surface area contributed by atoms with Crippen molar-refractivity contribution in [3.8, 4) is 5.75 Å². The minimum Gasteiger partial charge on any atom is -0.496 e. The van der Waals surface area contributed by atoms with Gasteiger partial charge in [0.15, 0.2) is 0 Å². The molecule has 6 heteroatoms. The van der Waals surface area contributed by atoms with Gasteiger partial charge in [-0.15, -0.1) is 0 Å².